The van der Waals surface area contributed by atoms with Gasteiger partial charge in [0.05, 0.1) is 17.6 Å². The lowest BCUT2D eigenvalue weighted by Crippen LogP contribution is -2.29. The van der Waals surface area contributed by atoms with E-state index in [4.69, 9.17) is 4.74 Å². The first-order chi connectivity index (χ1) is 9.18. The third kappa shape index (κ3) is 4.60. The molecule has 0 unspecified atom stereocenters. The van der Waals surface area contributed by atoms with Crippen molar-refractivity contribution in [1.29, 1.82) is 0 Å². The SMILES string of the molecule is O=S(=O)(NCCOC1CCCCC1)c1ccccc1. The molecule has 19 heavy (non-hydrogen) atoms. The standard InChI is InChI=1S/C14H21NO3S/c16-19(17,14-9-5-2-6-10-14)15-11-12-18-13-7-3-1-4-8-13/h2,5-6,9-10,13,15H,1,3-4,7-8,11-12H2. The van der Waals surface area contributed by atoms with Crippen molar-refractivity contribution in [3.8, 4) is 0 Å². The topological polar surface area (TPSA) is 55.4 Å². The largest absolute Gasteiger partial charge is 0.377 e. The molecule has 1 aromatic rings. The molecule has 0 aromatic heterocycles. The molecule has 5 heteroatoms. The van der Waals surface area contributed by atoms with Gasteiger partial charge in [-0.1, -0.05) is 37.5 Å². The average molecular weight is 283 g/mol. The third-order valence-corrected chi connectivity index (χ3v) is 4.83. The van der Waals surface area contributed by atoms with Crippen molar-refractivity contribution in [2.24, 2.45) is 0 Å². The number of hydrogen-bond donors (Lipinski definition) is 1. The molecular formula is C14H21NO3S. The molecule has 1 aliphatic rings. The molecule has 0 aliphatic heterocycles. The van der Waals surface area contributed by atoms with E-state index in [0.29, 0.717) is 24.2 Å². The molecule has 2 rings (SSSR count). The first kappa shape index (κ1) is 14.5. The molecule has 4 nitrogen and oxygen atoms in total. The summed E-state index contributed by atoms with van der Waals surface area (Å²) in [4.78, 5) is 0.299. The zero-order valence-electron chi connectivity index (χ0n) is 11.0. The van der Waals surface area contributed by atoms with Gasteiger partial charge in [0.1, 0.15) is 0 Å². The van der Waals surface area contributed by atoms with Gasteiger partial charge in [0.15, 0.2) is 0 Å². The summed E-state index contributed by atoms with van der Waals surface area (Å²) in [6, 6.07) is 8.40. The first-order valence-electron chi connectivity index (χ1n) is 6.85. The Bertz CT molecular complexity index is 467. The fourth-order valence-corrected chi connectivity index (χ4v) is 3.35. The number of hydrogen-bond acceptors (Lipinski definition) is 3. The molecule has 106 valence electrons. The Morgan fingerprint density at radius 1 is 1.11 bits per heavy atom. The molecule has 0 saturated heterocycles. The highest BCUT2D eigenvalue weighted by Gasteiger charge is 2.15. The van der Waals surface area contributed by atoms with Gasteiger partial charge in [-0.05, 0) is 25.0 Å². The lowest BCUT2D eigenvalue weighted by atomic mass is 9.98. The molecule has 0 spiro atoms. The van der Waals surface area contributed by atoms with Crippen molar-refractivity contribution in [1.82, 2.24) is 4.72 Å². The highest BCUT2D eigenvalue weighted by atomic mass is 32.2. The van der Waals surface area contributed by atoms with Crippen molar-refractivity contribution >= 4 is 10.0 Å². The summed E-state index contributed by atoms with van der Waals surface area (Å²) < 4.78 is 32.1. The van der Waals surface area contributed by atoms with Gasteiger partial charge in [-0.3, -0.25) is 0 Å². The minimum absolute atomic E-state index is 0.299. The minimum Gasteiger partial charge on any atom is -0.377 e. The molecule has 1 saturated carbocycles. The van der Waals surface area contributed by atoms with Crippen LogP contribution in [-0.4, -0.2) is 27.7 Å². The van der Waals surface area contributed by atoms with Crippen LogP contribution in [0.15, 0.2) is 35.2 Å². The van der Waals surface area contributed by atoms with E-state index in [1.165, 1.54) is 19.3 Å². The maximum absolute atomic E-state index is 11.9. The van der Waals surface area contributed by atoms with Gasteiger partial charge >= 0.3 is 0 Å². The Labute approximate surface area is 115 Å². The fraction of sp³-hybridized carbons (Fsp3) is 0.571. The summed E-state index contributed by atoms with van der Waals surface area (Å²) in [6.07, 6.45) is 6.26. The molecule has 1 aromatic carbocycles. The Hall–Kier alpha value is -0.910. The maximum atomic E-state index is 11.9. The van der Waals surface area contributed by atoms with Crippen LogP contribution >= 0.6 is 0 Å². The smallest absolute Gasteiger partial charge is 0.240 e. The zero-order chi connectivity index (χ0) is 13.6. The van der Waals surface area contributed by atoms with E-state index in [0.717, 1.165) is 12.8 Å². The summed E-state index contributed by atoms with van der Waals surface area (Å²) in [7, 11) is -3.39. The van der Waals surface area contributed by atoms with Crippen LogP contribution in [0.25, 0.3) is 0 Å². The second-order valence-corrected chi connectivity index (χ2v) is 6.61. The van der Waals surface area contributed by atoms with Crippen LogP contribution in [0.1, 0.15) is 32.1 Å². The van der Waals surface area contributed by atoms with E-state index in [2.05, 4.69) is 4.72 Å². The van der Waals surface area contributed by atoms with Gasteiger partial charge in [0.2, 0.25) is 10.0 Å². The van der Waals surface area contributed by atoms with Crippen LogP contribution in [0.5, 0.6) is 0 Å². The van der Waals surface area contributed by atoms with E-state index < -0.39 is 10.0 Å². The number of nitrogens with one attached hydrogen (secondary N) is 1. The fourth-order valence-electron chi connectivity index (χ4n) is 2.32. The Kier molecular flexibility index (Phi) is 5.36. The van der Waals surface area contributed by atoms with Crippen molar-refractivity contribution in [2.45, 2.75) is 43.1 Å². The molecule has 0 atom stereocenters. The van der Waals surface area contributed by atoms with E-state index in [9.17, 15) is 8.42 Å². The third-order valence-electron chi connectivity index (χ3n) is 3.35. The number of sulfonamides is 1. The van der Waals surface area contributed by atoms with Crippen LogP contribution in [0.3, 0.4) is 0 Å². The maximum Gasteiger partial charge on any atom is 0.240 e. The summed E-state index contributed by atoms with van der Waals surface area (Å²) in [5, 5.41) is 0. The van der Waals surface area contributed by atoms with Crippen LogP contribution in [0.4, 0.5) is 0 Å². The highest BCUT2D eigenvalue weighted by Crippen LogP contribution is 2.19. The molecule has 0 heterocycles. The molecular weight excluding hydrogens is 262 g/mol. The van der Waals surface area contributed by atoms with Crippen molar-refractivity contribution < 1.29 is 13.2 Å². The van der Waals surface area contributed by atoms with E-state index in [1.54, 1.807) is 30.3 Å². The predicted octanol–water partition coefficient (Wildman–Crippen LogP) is 2.31. The van der Waals surface area contributed by atoms with Crippen LogP contribution in [0.2, 0.25) is 0 Å². The van der Waals surface area contributed by atoms with Crippen molar-refractivity contribution in [3.63, 3.8) is 0 Å². The monoisotopic (exact) mass is 283 g/mol. The van der Waals surface area contributed by atoms with Gasteiger partial charge in [0.25, 0.3) is 0 Å². The normalized spacial score (nSPS) is 17.5. The molecule has 1 fully saturated rings. The lowest BCUT2D eigenvalue weighted by Gasteiger charge is -2.21. The van der Waals surface area contributed by atoms with Gasteiger partial charge in [0, 0.05) is 6.54 Å². The molecule has 1 aliphatic carbocycles. The van der Waals surface area contributed by atoms with Crippen molar-refractivity contribution in [2.75, 3.05) is 13.2 Å². The number of benzene rings is 1. The van der Waals surface area contributed by atoms with E-state index in [1.807, 2.05) is 0 Å². The predicted molar refractivity (Wildman–Crippen MR) is 74.5 cm³/mol. The Morgan fingerprint density at radius 3 is 2.47 bits per heavy atom. The van der Waals surface area contributed by atoms with E-state index in [-0.39, 0.29) is 0 Å². The quantitative estimate of drug-likeness (QED) is 0.815. The minimum atomic E-state index is -3.39. The van der Waals surface area contributed by atoms with Crippen LogP contribution in [0, 0.1) is 0 Å². The molecule has 0 radical (unpaired) electrons. The summed E-state index contributed by atoms with van der Waals surface area (Å²) in [6.45, 7) is 0.768. The van der Waals surface area contributed by atoms with Crippen molar-refractivity contribution in [3.05, 3.63) is 30.3 Å². The second kappa shape index (κ2) is 7.03. The lowest BCUT2D eigenvalue weighted by molar-refractivity contribution is 0.0321. The zero-order valence-corrected chi connectivity index (χ0v) is 11.9. The Balaban J connectivity index is 1.73. The van der Waals surface area contributed by atoms with Gasteiger partial charge in [-0.2, -0.15) is 0 Å². The molecule has 0 amide bonds. The van der Waals surface area contributed by atoms with Gasteiger partial charge in [-0.15, -0.1) is 0 Å². The van der Waals surface area contributed by atoms with E-state index >= 15 is 0 Å². The van der Waals surface area contributed by atoms with Crippen LogP contribution in [-0.2, 0) is 14.8 Å². The summed E-state index contributed by atoms with van der Waals surface area (Å²) in [5.74, 6) is 0. The number of ether oxygens (including phenoxy) is 1. The Morgan fingerprint density at radius 2 is 1.79 bits per heavy atom. The summed E-state index contributed by atoms with van der Waals surface area (Å²) in [5.41, 5.74) is 0. The highest BCUT2D eigenvalue weighted by molar-refractivity contribution is 7.89. The van der Waals surface area contributed by atoms with Gasteiger partial charge < -0.3 is 4.74 Å². The second-order valence-electron chi connectivity index (χ2n) is 4.84. The molecule has 1 N–H and O–H groups in total. The number of rotatable bonds is 6. The van der Waals surface area contributed by atoms with Crippen LogP contribution < -0.4 is 4.72 Å². The average Bonchev–Trinajstić information content (AvgIpc) is 2.46. The van der Waals surface area contributed by atoms with Gasteiger partial charge in [-0.25, -0.2) is 13.1 Å². The molecule has 0 bridgehead atoms. The summed E-state index contributed by atoms with van der Waals surface area (Å²) >= 11 is 0. The first-order valence-corrected chi connectivity index (χ1v) is 8.33.